The summed E-state index contributed by atoms with van der Waals surface area (Å²) in [5.41, 5.74) is 6.29. The molecule has 0 fully saturated rings. The van der Waals surface area contributed by atoms with E-state index in [1.54, 1.807) is 18.2 Å². The van der Waals surface area contributed by atoms with Gasteiger partial charge in [0.1, 0.15) is 23.1 Å². The second kappa shape index (κ2) is 5.99. The van der Waals surface area contributed by atoms with Gasteiger partial charge in [-0.25, -0.2) is 8.78 Å². The van der Waals surface area contributed by atoms with Crippen molar-refractivity contribution in [1.29, 1.82) is 0 Å². The highest BCUT2D eigenvalue weighted by atomic mass is 35.5. The summed E-state index contributed by atoms with van der Waals surface area (Å²) in [4.78, 5) is 0. The maximum Gasteiger partial charge on any atom is 0.133 e. The van der Waals surface area contributed by atoms with Gasteiger partial charge in [0.05, 0.1) is 0 Å². The molecule has 0 unspecified atom stereocenters. The number of nitrogens with two attached hydrogens (primary N) is 1. The van der Waals surface area contributed by atoms with Crippen LogP contribution in [0.15, 0.2) is 36.4 Å². The van der Waals surface area contributed by atoms with Crippen LogP contribution in [-0.2, 0) is 6.42 Å². The van der Waals surface area contributed by atoms with E-state index in [-0.39, 0.29) is 5.75 Å². The summed E-state index contributed by atoms with van der Waals surface area (Å²) in [6.07, 6.45) is 0.563. The fraction of sp³-hybridized carbons (Fsp3) is 0.143. The lowest BCUT2D eigenvalue weighted by Gasteiger charge is -2.11. The van der Waals surface area contributed by atoms with E-state index in [1.165, 1.54) is 0 Å². The molecule has 0 aromatic heterocycles. The van der Waals surface area contributed by atoms with Crippen LogP contribution in [-0.4, -0.2) is 6.54 Å². The van der Waals surface area contributed by atoms with E-state index in [0.29, 0.717) is 23.7 Å². The van der Waals surface area contributed by atoms with Crippen molar-refractivity contribution in [3.05, 3.63) is 58.6 Å². The Balaban J connectivity index is 2.31. The van der Waals surface area contributed by atoms with E-state index in [2.05, 4.69) is 0 Å². The Bertz CT molecular complexity index is 569. The van der Waals surface area contributed by atoms with Crippen molar-refractivity contribution in [1.82, 2.24) is 0 Å². The van der Waals surface area contributed by atoms with Crippen molar-refractivity contribution < 1.29 is 13.5 Å². The van der Waals surface area contributed by atoms with Gasteiger partial charge in [-0.15, -0.1) is 0 Å². The minimum absolute atomic E-state index is 0.0955. The van der Waals surface area contributed by atoms with Crippen LogP contribution in [0, 0.1) is 11.6 Å². The first-order valence-corrected chi connectivity index (χ1v) is 6.09. The number of ether oxygens (including phenoxy) is 1. The van der Waals surface area contributed by atoms with Crippen LogP contribution < -0.4 is 10.5 Å². The van der Waals surface area contributed by atoms with Crippen molar-refractivity contribution in [2.24, 2.45) is 5.73 Å². The fourth-order valence-corrected chi connectivity index (χ4v) is 1.91. The van der Waals surface area contributed by atoms with Gasteiger partial charge in [0, 0.05) is 23.2 Å². The standard InChI is InChI=1S/C14H12ClF2NO/c15-10-1-2-14(9(5-10)3-4-18)19-13-7-11(16)6-12(17)8-13/h1-2,5-8H,3-4,18H2. The third-order valence-electron chi connectivity index (χ3n) is 2.50. The summed E-state index contributed by atoms with van der Waals surface area (Å²) in [5.74, 6) is -0.799. The van der Waals surface area contributed by atoms with Gasteiger partial charge in [0.15, 0.2) is 0 Å². The molecule has 0 aliphatic rings. The molecule has 0 saturated heterocycles. The maximum atomic E-state index is 13.1. The SMILES string of the molecule is NCCc1cc(Cl)ccc1Oc1cc(F)cc(F)c1. The van der Waals surface area contributed by atoms with Crippen molar-refractivity contribution >= 4 is 11.6 Å². The molecule has 2 N–H and O–H groups in total. The molecule has 0 radical (unpaired) electrons. The first-order valence-electron chi connectivity index (χ1n) is 5.71. The molecule has 0 saturated carbocycles. The Hall–Kier alpha value is -1.65. The minimum atomic E-state index is -0.690. The molecule has 2 aromatic carbocycles. The summed E-state index contributed by atoms with van der Waals surface area (Å²) < 4.78 is 31.6. The van der Waals surface area contributed by atoms with Crippen LogP contribution in [0.4, 0.5) is 8.78 Å². The Morgan fingerprint density at radius 1 is 1.05 bits per heavy atom. The van der Waals surface area contributed by atoms with Crippen LogP contribution in [0.1, 0.15) is 5.56 Å². The Kier molecular flexibility index (Phi) is 4.35. The molecule has 0 amide bonds. The summed E-state index contributed by atoms with van der Waals surface area (Å²) in [6, 6.07) is 8.03. The van der Waals surface area contributed by atoms with Gasteiger partial charge in [-0.05, 0) is 36.7 Å². The average molecular weight is 284 g/mol. The largest absolute Gasteiger partial charge is 0.457 e. The zero-order valence-corrected chi connectivity index (χ0v) is 10.8. The smallest absolute Gasteiger partial charge is 0.133 e. The zero-order chi connectivity index (χ0) is 13.8. The van der Waals surface area contributed by atoms with Crippen LogP contribution in [0.2, 0.25) is 5.02 Å². The predicted octanol–water partition coefficient (Wildman–Crippen LogP) is 3.91. The third-order valence-corrected chi connectivity index (χ3v) is 2.74. The average Bonchev–Trinajstić information content (AvgIpc) is 2.32. The van der Waals surface area contributed by atoms with Gasteiger partial charge in [-0.1, -0.05) is 11.6 Å². The molecular formula is C14H12ClF2NO. The maximum absolute atomic E-state index is 13.1. The van der Waals surface area contributed by atoms with Crippen molar-refractivity contribution in [2.45, 2.75) is 6.42 Å². The Morgan fingerprint density at radius 2 is 1.74 bits per heavy atom. The first kappa shape index (κ1) is 13.8. The van der Waals surface area contributed by atoms with Gasteiger partial charge in [-0.2, -0.15) is 0 Å². The molecule has 2 aromatic rings. The molecule has 0 heterocycles. The zero-order valence-electron chi connectivity index (χ0n) is 10.00. The van der Waals surface area contributed by atoms with Crippen molar-refractivity contribution in [3.8, 4) is 11.5 Å². The topological polar surface area (TPSA) is 35.2 Å². The Labute approximate surface area is 114 Å². The van der Waals surface area contributed by atoms with E-state index in [1.807, 2.05) is 0 Å². The molecule has 0 aliphatic heterocycles. The number of rotatable bonds is 4. The molecule has 5 heteroatoms. The molecule has 0 atom stereocenters. The lowest BCUT2D eigenvalue weighted by atomic mass is 10.1. The normalized spacial score (nSPS) is 10.5. The van der Waals surface area contributed by atoms with E-state index < -0.39 is 11.6 Å². The molecule has 100 valence electrons. The van der Waals surface area contributed by atoms with Crippen LogP contribution in [0.3, 0.4) is 0 Å². The van der Waals surface area contributed by atoms with Crippen LogP contribution >= 0.6 is 11.6 Å². The van der Waals surface area contributed by atoms with Gasteiger partial charge in [-0.3, -0.25) is 0 Å². The molecule has 19 heavy (non-hydrogen) atoms. The molecule has 0 aliphatic carbocycles. The number of hydrogen-bond acceptors (Lipinski definition) is 2. The summed E-state index contributed by atoms with van der Waals surface area (Å²) in [6.45, 7) is 0.425. The molecule has 0 bridgehead atoms. The van der Waals surface area contributed by atoms with Crippen LogP contribution in [0.5, 0.6) is 11.5 Å². The lowest BCUT2D eigenvalue weighted by Crippen LogP contribution is -2.04. The van der Waals surface area contributed by atoms with Gasteiger partial charge < -0.3 is 10.5 Å². The third kappa shape index (κ3) is 3.66. The molecule has 2 rings (SSSR count). The van der Waals surface area contributed by atoms with E-state index >= 15 is 0 Å². The Morgan fingerprint density at radius 3 is 2.37 bits per heavy atom. The predicted molar refractivity (Wildman–Crippen MR) is 70.6 cm³/mol. The number of benzene rings is 2. The highest BCUT2D eigenvalue weighted by Crippen LogP contribution is 2.29. The van der Waals surface area contributed by atoms with Gasteiger partial charge >= 0.3 is 0 Å². The highest BCUT2D eigenvalue weighted by Gasteiger charge is 2.08. The lowest BCUT2D eigenvalue weighted by molar-refractivity contribution is 0.463. The minimum Gasteiger partial charge on any atom is -0.457 e. The van der Waals surface area contributed by atoms with Gasteiger partial charge in [0.25, 0.3) is 0 Å². The summed E-state index contributed by atoms with van der Waals surface area (Å²) in [5, 5.41) is 0.557. The fourth-order valence-electron chi connectivity index (χ4n) is 1.71. The van der Waals surface area contributed by atoms with E-state index in [0.717, 1.165) is 23.8 Å². The van der Waals surface area contributed by atoms with Gasteiger partial charge in [0.2, 0.25) is 0 Å². The summed E-state index contributed by atoms with van der Waals surface area (Å²) >= 11 is 5.89. The highest BCUT2D eigenvalue weighted by molar-refractivity contribution is 6.30. The second-order valence-electron chi connectivity index (χ2n) is 4.00. The molecule has 0 spiro atoms. The monoisotopic (exact) mass is 283 g/mol. The van der Waals surface area contributed by atoms with Crippen molar-refractivity contribution in [3.63, 3.8) is 0 Å². The van der Waals surface area contributed by atoms with E-state index in [4.69, 9.17) is 22.1 Å². The second-order valence-corrected chi connectivity index (χ2v) is 4.43. The number of hydrogen-bond donors (Lipinski definition) is 1. The summed E-state index contributed by atoms with van der Waals surface area (Å²) in [7, 11) is 0. The van der Waals surface area contributed by atoms with Crippen LogP contribution in [0.25, 0.3) is 0 Å². The number of halogens is 3. The molecular weight excluding hydrogens is 272 g/mol. The quantitative estimate of drug-likeness (QED) is 0.923. The molecule has 2 nitrogen and oxygen atoms in total. The van der Waals surface area contributed by atoms with Crippen molar-refractivity contribution in [2.75, 3.05) is 6.54 Å². The first-order chi connectivity index (χ1) is 9.08. The van der Waals surface area contributed by atoms with E-state index in [9.17, 15) is 8.78 Å².